The molecule has 2 heterocycles. The van der Waals surface area contributed by atoms with E-state index in [1.807, 2.05) is 10.8 Å². The van der Waals surface area contributed by atoms with Crippen LogP contribution in [-0.2, 0) is 16.1 Å². The van der Waals surface area contributed by atoms with E-state index in [9.17, 15) is 14.7 Å². The summed E-state index contributed by atoms with van der Waals surface area (Å²) in [4.78, 5) is 41.1. The lowest BCUT2D eigenvalue weighted by atomic mass is 9.83. The number of aromatic nitrogens is 3. The van der Waals surface area contributed by atoms with Gasteiger partial charge in [-0.3, -0.25) is 14.4 Å². The summed E-state index contributed by atoms with van der Waals surface area (Å²) < 4.78 is 7.28. The second-order valence-corrected chi connectivity index (χ2v) is 7.36. The number of oxazole rings is 1. The van der Waals surface area contributed by atoms with Crippen molar-refractivity contribution in [2.24, 2.45) is 5.92 Å². The van der Waals surface area contributed by atoms with E-state index < -0.39 is 12.1 Å². The van der Waals surface area contributed by atoms with E-state index in [0.29, 0.717) is 37.4 Å². The van der Waals surface area contributed by atoms with Crippen molar-refractivity contribution in [3.8, 4) is 0 Å². The Balaban J connectivity index is 0.00000107. The van der Waals surface area contributed by atoms with Crippen LogP contribution in [0.15, 0.2) is 23.1 Å². The largest absolute Gasteiger partial charge is 0.483 e. The van der Waals surface area contributed by atoms with Gasteiger partial charge in [-0.05, 0) is 32.6 Å². The predicted molar refractivity (Wildman–Crippen MR) is 109 cm³/mol. The molecule has 0 aromatic carbocycles. The molecule has 2 amide bonds. The minimum absolute atomic E-state index is 0.0452. The van der Waals surface area contributed by atoms with Crippen molar-refractivity contribution in [2.45, 2.75) is 58.2 Å². The van der Waals surface area contributed by atoms with Gasteiger partial charge < -0.3 is 29.8 Å². The highest BCUT2D eigenvalue weighted by atomic mass is 16.4. The molecule has 2 aromatic heterocycles. The normalized spacial score (nSPS) is 20.3. The molecule has 3 atom stereocenters. The number of amides is 2. The first kappa shape index (κ1) is 24.1. The first-order chi connectivity index (χ1) is 14.8. The van der Waals surface area contributed by atoms with Gasteiger partial charge in [-0.1, -0.05) is 0 Å². The van der Waals surface area contributed by atoms with Crippen LogP contribution in [0.25, 0.3) is 0 Å². The SMILES string of the molecule is Cc1nc(C)c(C(=O)N[C@H]2CC[C@H](C(=O)NCCCn3ccnc3)C[C@@H]2O)o1.O=CO. The van der Waals surface area contributed by atoms with Crippen molar-refractivity contribution in [3.63, 3.8) is 0 Å². The molecule has 1 fully saturated rings. The molecular weight excluding hydrogens is 406 g/mol. The molecule has 1 saturated carbocycles. The van der Waals surface area contributed by atoms with Gasteiger partial charge in [0.25, 0.3) is 12.4 Å². The van der Waals surface area contributed by atoms with E-state index in [1.165, 1.54) is 0 Å². The zero-order chi connectivity index (χ0) is 22.8. The van der Waals surface area contributed by atoms with Gasteiger partial charge in [0.15, 0.2) is 5.89 Å². The third-order valence-corrected chi connectivity index (χ3v) is 5.07. The number of hydrogen-bond acceptors (Lipinski definition) is 7. The van der Waals surface area contributed by atoms with Crippen LogP contribution in [-0.4, -0.2) is 61.7 Å². The number of aliphatic hydroxyl groups excluding tert-OH is 1. The van der Waals surface area contributed by atoms with Crippen molar-refractivity contribution in [1.29, 1.82) is 0 Å². The maximum Gasteiger partial charge on any atom is 0.290 e. The zero-order valence-corrected chi connectivity index (χ0v) is 17.7. The fourth-order valence-electron chi connectivity index (χ4n) is 3.57. The Morgan fingerprint density at radius 3 is 2.68 bits per heavy atom. The molecule has 170 valence electrons. The molecule has 0 aliphatic heterocycles. The van der Waals surface area contributed by atoms with Crippen molar-refractivity contribution >= 4 is 18.3 Å². The fraction of sp³-hybridized carbons (Fsp3) is 0.550. The summed E-state index contributed by atoms with van der Waals surface area (Å²) in [5, 5.41) is 23.0. The van der Waals surface area contributed by atoms with Crippen LogP contribution in [0, 0.1) is 19.8 Å². The van der Waals surface area contributed by atoms with Gasteiger partial charge in [-0.25, -0.2) is 9.97 Å². The molecule has 0 radical (unpaired) electrons. The number of aliphatic hydroxyl groups is 1. The van der Waals surface area contributed by atoms with E-state index in [-0.39, 0.29) is 30.0 Å². The van der Waals surface area contributed by atoms with E-state index >= 15 is 0 Å². The molecule has 1 aliphatic carbocycles. The number of nitrogens with one attached hydrogen (secondary N) is 2. The summed E-state index contributed by atoms with van der Waals surface area (Å²) >= 11 is 0. The Bertz CT molecular complexity index is 850. The molecule has 1 aliphatic rings. The van der Waals surface area contributed by atoms with E-state index in [0.717, 1.165) is 13.0 Å². The average Bonchev–Trinajstić information content (AvgIpc) is 3.36. The second-order valence-electron chi connectivity index (χ2n) is 7.36. The van der Waals surface area contributed by atoms with E-state index in [4.69, 9.17) is 14.3 Å². The van der Waals surface area contributed by atoms with Crippen LogP contribution >= 0.6 is 0 Å². The number of aryl methyl sites for hydroxylation is 3. The Labute approximate surface area is 179 Å². The third-order valence-electron chi connectivity index (χ3n) is 5.07. The summed E-state index contributed by atoms with van der Waals surface area (Å²) in [6.45, 7) is 4.50. The van der Waals surface area contributed by atoms with Crippen LogP contribution in [0.1, 0.15) is 47.8 Å². The summed E-state index contributed by atoms with van der Waals surface area (Å²) in [7, 11) is 0. The lowest BCUT2D eigenvalue weighted by Crippen LogP contribution is -2.49. The van der Waals surface area contributed by atoms with Crippen molar-refractivity contribution in [1.82, 2.24) is 25.2 Å². The molecule has 0 spiro atoms. The van der Waals surface area contributed by atoms with E-state index in [2.05, 4.69) is 20.6 Å². The van der Waals surface area contributed by atoms with Gasteiger partial charge in [0.05, 0.1) is 24.2 Å². The molecule has 11 heteroatoms. The van der Waals surface area contributed by atoms with Crippen LogP contribution in [0.4, 0.5) is 0 Å². The van der Waals surface area contributed by atoms with Crippen LogP contribution < -0.4 is 10.6 Å². The highest BCUT2D eigenvalue weighted by Gasteiger charge is 2.34. The number of hydrogen-bond donors (Lipinski definition) is 4. The van der Waals surface area contributed by atoms with Crippen molar-refractivity contribution < 1.29 is 29.0 Å². The maximum atomic E-state index is 12.4. The number of imidazole rings is 1. The topological polar surface area (TPSA) is 160 Å². The highest BCUT2D eigenvalue weighted by molar-refractivity contribution is 5.92. The van der Waals surface area contributed by atoms with Crippen molar-refractivity contribution in [2.75, 3.05) is 6.54 Å². The molecular formula is C20H29N5O6. The summed E-state index contributed by atoms with van der Waals surface area (Å²) in [6, 6.07) is -0.400. The van der Waals surface area contributed by atoms with Crippen LogP contribution in [0.2, 0.25) is 0 Å². The standard InChI is InChI=1S/C19H27N5O4.CH2O2/c1-12-17(28-13(2)22-12)19(27)23-15-5-4-14(10-16(15)25)18(26)21-6-3-8-24-9-7-20-11-24;2-1-3/h7,9,11,14-16,25H,3-6,8,10H2,1-2H3,(H,21,26)(H,23,27);1H,(H,2,3)/t14-,15-,16-;/m0./s1. The first-order valence-electron chi connectivity index (χ1n) is 10.1. The smallest absolute Gasteiger partial charge is 0.290 e. The Morgan fingerprint density at radius 2 is 2.10 bits per heavy atom. The predicted octanol–water partition coefficient (Wildman–Crippen LogP) is 0.655. The summed E-state index contributed by atoms with van der Waals surface area (Å²) in [5.41, 5.74) is 0.522. The molecule has 31 heavy (non-hydrogen) atoms. The van der Waals surface area contributed by atoms with Gasteiger partial charge >= 0.3 is 0 Å². The Hall–Kier alpha value is -3.21. The van der Waals surface area contributed by atoms with Crippen LogP contribution in [0.5, 0.6) is 0 Å². The summed E-state index contributed by atoms with van der Waals surface area (Å²) in [6.07, 6.45) is 6.87. The van der Waals surface area contributed by atoms with E-state index in [1.54, 1.807) is 26.4 Å². The van der Waals surface area contributed by atoms with Gasteiger partial charge in [0, 0.05) is 38.3 Å². The molecule has 11 nitrogen and oxygen atoms in total. The Kier molecular flexibility index (Phi) is 9.19. The van der Waals surface area contributed by atoms with Gasteiger partial charge in [0.1, 0.15) is 0 Å². The number of nitrogens with zero attached hydrogens (tertiary/aromatic N) is 3. The fourth-order valence-corrected chi connectivity index (χ4v) is 3.57. The van der Waals surface area contributed by atoms with Gasteiger partial charge in [-0.2, -0.15) is 0 Å². The lowest BCUT2D eigenvalue weighted by Gasteiger charge is -2.32. The lowest BCUT2D eigenvalue weighted by molar-refractivity contribution is -0.127. The third kappa shape index (κ3) is 7.21. The van der Waals surface area contributed by atoms with Crippen LogP contribution in [0.3, 0.4) is 0 Å². The Morgan fingerprint density at radius 1 is 1.35 bits per heavy atom. The molecule has 4 N–H and O–H groups in total. The quantitative estimate of drug-likeness (QED) is 0.364. The maximum absolute atomic E-state index is 12.4. The minimum Gasteiger partial charge on any atom is -0.483 e. The number of carboxylic acid groups (broad SMARTS) is 1. The van der Waals surface area contributed by atoms with Gasteiger partial charge in [0.2, 0.25) is 11.7 Å². The zero-order valence-electron chi connectivity index (χ0n) is 17.7. The second kappa shape index (κ2) is 11.8. The minimum atomic E-state index is -0.774. The molecule has 2 aromatic rings. The monoisotopic (exact) mass is 435 g/mol. The highest BCUT2D eigenvalue weighted by Crippen LogP contribution is 2.25. The molecule has 0 saturated heterocycles. The molecule has 0 unspecified atom stereocenters. The number of rotatable bonds is 7. The first-order valence-corrected chi connectivity index (χ1v) is 10.1. The number of carbonyl (C=O) groups is 3. The summed E-state index contributed by atoms with van der Waals surface area (Å²) in [5.74, 6) is -0.0783. The van der Waals surface area contributed by atoms with Crippen molar-refractivity contribution in [3.05, 3.63) is 36.1 Å². The molecule has 3 rings (SSSR count). The molecule has 0 bridgehead atoms. The average molecular weight is 435 g/mol. The van der Waals surface area contributed by atoms with Gasteiger partial charge in [-0.15, -0.1) is 0 Å². The number of carbonyl (C=O) groups excluding carboxylic acids is 2.